The molecule has 0 aliphatic rings. The van der Waals surface area contributed by atoms with E-state index in [0.717, 1.165) is 12.8 Å². The molecule has 1 amide bonds. The molecule has 1 unspecified atom stereocenters. The molecule has 0 saturated heterocycles. The molecule has 1 aromatic rings. The summed E-state index contributed by atoms with van der Waals surface area (Å²) in [6, 6.07) is 5.95. The molecule has 0 aliphatic carbocycles. The van der Waals surface area contributed by atoms with Gasteiger partial charge in [0.15, 0.2) is 12.4 Å². The van der Waals surface area contributed by atoms with Gasteiger partial charge in [-0.25, -0.2) is 0 Å². The third-order valence-electron chi connectivity index (χ3n) is 3.76. The summed E-state index contributed by atoms with van der Waals surface area (Å²) in [6.07, 6.45) is 9.62. The second-order valence-electron chi connectivity index (χ2n) is 5.56. The lowest BCUT2D eigenvalue weighted by Crippen LogP contribution is -3.00. The van der Waals surface area contributed by atoms with E-state index in [1.807, 2.05) is 40.1 Å². The molecule has 1 N–H and O–H groups in total. The van der Waals surface area contributed by atoms with Gasteiger partial charge in [-0.2, -0.15) is 4.57 Å². The zero-order valence-electron chi connectivity index (χ0n) is 13.7. The smallest absolute Gasteiger partial charge is 0.288 e. The maximum absolute atomic E-state index is 12.4. The van der Waals surface area contributed by atoms with Gasteiger partial charge < -0.3 is 22.4 Å². The van der Waals surface area contributed by atoms with Crippen molar-refractivity contribution in [3.05, 3.63) is 30.6 Å². The highest BCUT2D eigenvalue weighted by Crippen LogP contribution is 2.11. The SMILES string of the molecule is CCCCCCC(C)N(CCO)C(=O)C[n+]1ccccc1.[Cl-]. The Kier molecular flexibility index (Phi) is 11.8. The van der Waals surface area contributed by atoms with Gasteiger partial charge in [0.05, 0.1) is 6.61 Å². The minimum absolute atomic E-state index is 0. The first kappa shape index (κ1) is 20.9. The number of halogens is 1. The summed E-state index contributed by atoms with van der Waals surface area (Å²) in [5.74, 6) is 0.0724. The zero-order chi connectivity index (χ0) is 15.5. The summed E-state index contributed by atoms with van der Waals surface area (Å²) in [5.41, 5.74) is 0. The molecule has 4 nitrogen and oxygen atoms in total. The summed E-state index contributed by atoms with van der Waals surface area (Å²) >= 11 is 0. The maximum Gasteiger partial charge on any atom is 0.288 e. The third kappa shape index (κ3) is 7.76. The van der Waals surface area contributed by atoms with Crippen molar-refractivity contribution >= 4 is 5.91 Å². The van der Waals surface area contributed by atoms with Gasteiger partial charge in [-0.15, -0.1) is 0 Å². The molecule has 22 heavy (non-hydrogen) atoms. The summed E-state index contributed by atoms with van der Waals surface area (Å²) in [5, 5.41) is 9.21. The van der Waals surface area contributed by atoms with Crippen LogP contribution in [0.4, 0.5) is 0 Å². The monoisotopic (exact) mass is 328 g/mol. The van der Waals surface area contributed by atoms with Crippen LogP contribution in [-0.2, 0) is 11.3 Å². The molecule has 0 bridgehead atoms. The Labute approximate surface area is 140 Å². The van der Waals surface area contributed by atoms with E-state index in [1.54, 1.807) is 0 Å². The Hall–Kier alpha value is -1.13. The molecule has 0 aliphatic heterocycles. The third-order valence-corrected chi connectivity index (χ3v) is 3.76. The van der Waals surface area contributed by atoms with Crippen LogP contribution >= 0.6 is 0 Å². The Balaban J connectivity index is 0.00000441. The number of aliphatic hydroxyl groups excluding tert-OH is 1. The Morgan fingerprint density at radius 3 is 2.45 bits per heavy atom. The number of aliphatic hydroxyl groups is 1. The first-order valence-electron chi connectivity index (χ1n) is 8.03. The molecule has 0 radical (unpaired) electrons. The highest BCUT2D eigenvalue weighted by Gasteiger charge is 2.22. The van der Waals surface area contributed by atoms with Crippen molar-refractivity contribution in [1.82, 2.24) is 4.90 Å². The van der Waals surface area contributed by atoms with Crippen LogP contribution in [0.15, 0.2) is 30.6 Å². The number of pyridine rings is 1. The Morgan fingerprint density at radius 1 is 1.18 bits per heavy atom. The molecular weight excluding hydrogens is 300 g/mol. The number of unbranched alkanes of at least 4 members (excludes halogenated alkanes) is 3. The molecule has 0 spiro atoms. The topological polar surface area (TPSA) is 44.4 Å². The molecule has 1 aromatic heterocycles. The van der Waals surface area contributed by atoms with Gasteiger partial charge in [-0.3, -0.25) is 4.79 Å². The van der Waals surface area contributed by atoms with Crippen LogP contribution in [0.5, 0.6) is 0 Å². The zero-order valence-corrected chi connectivity index (χ0v) is 14.5. The lowest BCUT2D eigenvalue weighted by Gasteiger charge is -2.27. The van der Waals surface area contributed by atoms with Crippen LogP contribution in [0, 0.1) is 0 Å². The molecule has 5 heteroatoms. The predicted molar refractivity (Wildman–Crippen MR) is 83.7 cm³/mol. The number of nitrogens with zero attached hydrogens (tertiary/aromatic N) is 2. The van der Waals surface area contributed by atoms with Gasteiger partial charge >= 0.3 is 0 Å². The average Bonchev–Trinajstić information content (AvgIpc) is 2.50. The standard InChI is InChI=1S/C17H29N2O2.ClH/c1-3-4-5-7-10-16(2)19(13-14-20)17(21)15-18-11-8-6-9-12-18;/h6,8-9,11-12,16,20H,3-5,7,10,13-15H2,1-2H3;1H/q+1;/p-1. The number of amides is 1. The van der Waals surface area contributed by atoms with Crippen LogP contribution in [0.1, 0.15) is 46.0 Å². The lowest BCUT2D eigenvalue weighted by molar-refractivity contribution is -0.685. The van der Waals surface area contributed by atoms with E-state index >= 15 is 0 Å². The molecule has 1 rings (SSSR count). The predicted octanol–water partition coefficient (Wildman–Crippen LogP) is -0.842. The first-order valence-corrected chi connectivity index (χ1v) is 8.03. The number of carbonyl (C=O) groups is 1. The van der Waals surface area contributed by atoms with Gasteiger partial charge in [0.2, 0.25) is 6.54 Å². The Bertz CT molecular complexity index is 401. The normalized spacial score (nSPS) is 11.6. The Morgan fingerprint density at radius 2 is 1.86 bits per heavy atom. The van der Waals surface area contributed by atoms with Crippen molar-refractivity contribution in [2.24, 2.45) is 0 Å². The lowest BCUT2D eigenvalue weighted by atomic mass is 10.1. The van der Waals surface area contributed by atoms with Crippen molar-refractivity contribution in [3.63, 3.8) is 0 Å². The molecule has 0 fully saturated rings. The van der Waals surface area contributed by atoms with Crippen LogP contribution in [0.3, 0.4) is 0 Å². The van der Waals surface area contributed by atoms with Crippen molar-refractivity contribution in [2.45, 2.75) is 58.5 Å². The van der Waals surface area contributed by atoms with E-state index in [2.05, 4.69) is 13.8 Å². The highest BCUT2D eigenvalue weighted by atomic mass is 35.5. The van der Waals surface area contributed by atoms with E-state index in [-0.39, 0.29) is 31.0 Å². The van der Waals surface area contributed by atoms with E-state index in [4.69, 9.17) is 0 Å². The van der Waals surface area contributed by atoms with Crippen molar-refractivity contribution in [1.29, 1.82) is 0 Å². The van der Waals surface area contributed by atoms with Crippen LogP contribution in [0.2, 0.25) is 0 Å². The molecular formula is C17H29ClN2O2. The fraction of sp³-hybridized carbons (Fsp3) is 0.647. The minimum atomic E-state index is 0. The number of rotatable bonds is 10. The first-order chi connectivity index (χ1) is 10.2. The number of aromatic nitrogens is 1. The summed E-state index contributed by atoms with van der Waals surface area (Å²) in [4.78, 5) is 14.2. The maximum atomic E-state index is 12.4. The summed E-state index contributed by atoms with van der Waals surface area (Å²) in [7, 11) is 0. The van der Waals surface area contributed by atoms with Crippen LogP contribution < -0.4 is 17.0 Å². The second-order valence-corrected chi connectivity index (χ2v) is 5.56. The van der Waals surface area contributed by atoms with Crippen molar-refractivity contribution in [3.8, 4) is 0 Å². The van der Waals surface area contributed by atoms with Gasteiger partial charge in [0.1, 0.15) is 0 Å². The van der Waals surface area contributed by atoms with E-state index < -0.39 is 0 Å². The van der Waals surface area contributed by atoms with Crippen molar-refractivity contribution < 1.29 is 26.9 Å². The van der Waals surface area contributed by atoms with E-state index in [0.29, 0.717) is 13.1 Å². The summed E-state index contributed by atoms with van der Waals surface area (Å²) < 4.78 is 1.87. The van der Waals surface area contributed by atoms with Gasteiger partial charge in [0.25, 0.3) is 5.91 Å². The molecule has 126 valence electrons. The van der Waals surface area contributed by atoms with E-state index in [1.165, 1.54) is 19.3 Å². The molecule has 1 atom stereocenters. The molecule has 0 saturated carbocycles. The average molecular weight is 329 g/mol. The van der Waals surface area contributed by atoms with Crippen LogP contribution in [-0.4, -0.2) is 35.1 Å². The molecule has 1 heterocycles. The van der Waals surface area contributed by atoms with Crippen LogP contribution in [0.25, 0.3) is 0 Å². The number of hydrogen-bond donors (Lipinski definition) is 1. The minimum Gasteiger partial charge on any atom is -1.00 e. The number of carbonyl (C=O) groups excluding carboxylic acids is 1. The highest BCUT2D eigenvalue weighted by molar-refractivity contribution is 5.75. The van der Waals surface area contributed by atoms with Gasteiger partial charge in [-0.1, -0.05) is 38.7 Å². The quantitative estimate of drug-likeness (QED) is 0.449. The summed E-state index contributed by atoms with van der Waals surface area (Å²) in [6.45, 7) is 5.04. The number of hydrogen-bond acceptors (Lipinski definition) is 2. The largest absolute Gasteiger partial charge is 1.00 e. The fourth-order valence-corrected chi connectivity index (χ4v) is 2.51. The van der Waals surface area contributed by atoms with Gasteiger partial charge in [-0.05, 0) is 13.3 Å². The van der Waals surface area contributed by atoms with Crippen molar-refractivity contribution in [2.75, 3.05) is 13.2 Å². The second kappa shape index (κ2) is 12.4. The molecule has 0 aromatic carbocycles. The fourth-order valence-electron chi connectivity index (χ4n) is 2.51. The van der Waals surface area contributed by atoms with Gasteiger partial charge in [0, 0.05) is 24.7 Å². The van der Waals surface area contributed by atoms with E-state index in [9.17, 15) is 9.90 Å².